The predicted molar refractivity (Wildman–Crippen MR) is 242 cm³/mol. The lowest BCUT2D eigenvalue weighted by Gasteiger charge is -2.30. The summed E-state index contributed by atoms with van der Waals surface area (Å²) >= 11 is 0. The van der Waals surface area contributed by atoms with Crippen LogP contribution in [0, 0.1) is 0 Å². The Hall–Kier alpha value is -2.58. The third-order valence-corrected chi connectivity index (χ3v) is 10.1. The van der Waals surface area contributed by atoms with E-state index in [1.807, 2.05) is 21.1 Å². The molecule has 326 valence electrons. The fourth-order valence-electron chi connectivity index (χ4n) is 5.58. The summed E-state index contributed by atoms with van der Waals surface area (Å²) in [6.45, 7) is 4.50. The molecule has 0 heterocycles. The summed E-state index contributed by atoms with van der Waals surface area (Å²) in [5, 5.41) is 13.8. The fraction of sp³-hybridized carbons (Fsp3) is 0.646. The number of quaternary nitrogens is 1. The number of phosphoric ester groups is 1. The van der Waals surface area contributed by atoms with Gasteiger partial charge in [0.15, 0.2) is 0 Å². The van der Waals surface area contributed by atoms with Crippen LogP contribution in [0.4, 0.5) is 0 Å². The zero-order valence-corrected chi connectivity index (χ0v) is 37.6. The Labute approximate surface area is 349 Å². The number of likely N-dealkylation sites (N-methyl/N-ethyl adjacent to an activating group) is 1. The average Bonchev–Trinajstić information content (AvgIpc) is 3.16. The second kappa shape index (κ2) is 38.9. The van der Waals surface area contributed by atoms with Gasteiger partial charge in [0.25, 0.3) is 7.82 Å². The molecule has 0 aliphatic rings. The minimum atomic E-state index is -4.57. The summed E-state index contributed by atoms with van der Waals surface area (Å²) < 4.78 is 23.1. The average molecular weight is 815 g/mol. The van der Waals surface area contributed by atoms with Crippen LogP contribution in [-0.4, -0.2) is 68.5 Å². The Morgan fingerprint density at radius 2 is 1.07 bits per heavy atom. The highest BCUT2D eigenvalue weighted by molar-refractivity contribution is 7.45. The number of aliphatic hydroxyl groups is 1. The van der Waals surface area contributed by atoms with E-state index < -0.39 is 20.0 Å². The van der Waals surface area contributed by atoms with Crippen LogP contribution in [-0.2, 0) is 18.4 Å². The molecule has 0 saturated carbocycles. The molecule has 0 rings (SSSR count). The van der Waals surface area contributed by atoms with Gasteiger partial charge in [-0.1, -0.05) is 162 Å². The lowest BCUT2D eigenvalue weighted by atomic mass is 10.0. The van der Waals surface area contributed by atoms with E-state index in [1.165, 1.54) is 32.1 Å². The lowest BCUT2D eigenvalue weighted by molar-refractivity contribution is -0.870. The van der Waals surface area contributed by atoms with Crippen LogP contribution in [0.25, 0.3) is 0 Å². The Morgan fingerprint density at radius 1 is 0.632 bits per heavy atom. The standard InChI is InChI=1S/C48H83N2O6P/c1-6-8-10-12-14-16-17-18-19-20-21-22-23-24-25-26-27-28-29-30-31-32-33-34-36-38-40-42-48(52)49-46(45-56-57(53,54)55-44-43-50(3,4)5)47(51)41-39-37-35-15-13-11-9-7-2/h8,10,14,16,18-19,21-22,24-25,27-28,30-31,33-34,46-47,51H,6-7,9,11-13,15,17,20,23,26,29,32,35-45H2,1-5H3,(H-,49,52,53,54)/b10-8-,16-14-,19-18-,22-21-,25-24-,28-27-,31-30-,34-33-. The molecule has 1 amide bonds. The monoisotopic (exact) mass is 815 g/mol. The van der Waals surface area contributed by atoms with Gasteiger partial charge in [-0.2, -0.15) is 0 Å². The van der Waals surface area contributed by atoms with Crippen molar-refractivity contribution in [2.45, 2.75) is 161 Å². The molecule has 0 aromatic heterocycles. The molecular formula is C48H83N2O6P. The van der Waals surface area contributed by atoms with Crippen LogP contribution in [0.15, 0.2) is 97.2 Å². The van der Waals surface area contributed by atoms with Gasteiger partial charge in [0.2, 0.25) is 5.91 Å². The molecule has 0 aromatic carbocycles. The van der Waals surface area contributed by atoms with Crippen LogP contribution in [0.3, 0.4) is 0 Å². The zero-order chi connectivity index (χ0) is 42.1. The van der Waals surface area contributed by atoms with E-state index in [0.29, 0.717) is 30.3 Å². The Balaban J connectivity index is 4.33. The van der Waals surface area contributed by atoms with Crippen molar-refractivity contribution in [2.75, 3.05) is 40.9 Å². The molecule has 9 heteroatoms. The number of nitrogens with zero attached hydrogens (tertiary/aromatic N) is 1. The fourth-order valence-corrected chi connectivity index (χ4v) is 6.30. The number of unbranched alkanes of at least 4 members (excludes halogenated alkanes) is 9. The van der Waals surface area contributed by atoms with Crippen LogP contribution < -0.4 is 10.2 Å². The summed E-state index contributed by atoms with van der Waals surface area (Å²) in [5.74, 6) is -0.216. The predicted octanol–water partition coefficient (Wildman–Crippen LogP) is 11.7. The highest BCUT2D eigenvalue weighted by atomic mass is 31.2. The Morgan fingerprint density at radius 3 is 1.53 bits per heavy atom. The van der Waals surface area contributed by atoms with Crippen molar-refractivity contribution in [1.82, 2.24) is 5.32 Å². The molecule has 0 aliphatic carbocycles. The molecular weight excluding hydrogens is 732 g/mol. The Kier molecular flexibility index (Phi) is 37.2. The molecule has 0 radical (unpaired) electrons. The number of rotatable bonds is 38. The van der Waals surface area contributed by atoms with Crippen molar-refractivity contribution in [2.24, 2.45) is 0 Å². The topological polar surface area (TPSA) is 108 Å². The first kappa shape index (κ1) is 54.4. The molecule has 2 N–H and O–H groups in total. The quantitative estimate of drug-likeness (QED) is 0.0278. The first-order valence-electron chi connectivity index (χ1n) is 22.1. The van der Waals surface area contributed by atoms with Crippen molar-refractivity contribution >= 4 is 13.7 Å². The summed E-state index contributed by atoms with van der Waals surface area (Å²) in [6.07, 6.45) is 54.3. The van der Waals surface area contributed by atoms with Crippen LogP contribution in [0.2, 0.25) is 0 Å². The summed E-state index contributed by atoms with van der Waals surface area (Å²) in [6, 6.07) is -0.828. The molecule has 0 aliphatic heterocycles. The molecule has 0 fully saturated rings. The number of amides is 1. The van der Waals surface area contributed by atoms with Crippen molar-refractivity contribution in [3.05, 3.63) is 97.2 Å². The van der Waals surface area contributed by atoms with Crippen LogP contribution in [0.1, 0.15) is 149 Å². The third-order valence-electron chi connectivity index (χ3n) is 9.09. The number of carbonyl (C=O) groups excluding carboxylic acids is 1. The minimum Gasteiger partial charge on any atom is -0.756 e. The summed E-state index contributed by atoms with van der Waals surface area (Å²) in [5.41, 5.74) is 0. The number of allylic oxidation sites excluding steroid dienone is 16. The maximum atomic E-state index is 12.8. The second-order valence-corrected chi connectivity index (χ2v) is 17.1. The smallest absolute Gasteiger partial charge is 0.268 e. The number of carbonyl (C=O) groups is 1. The minimum absolute atomic E-state index is 0.00281. The van der Waals surface area contributed by atoms with Gasteiger partial charge >= 0.3 is 0 Å². The number of nitrogens with one attached hydrogen (secondary N) is 1. The van der Waals surface area contributed by atoms with Gasteiger partial charge < -0.3 is 28.8 Å². The van der Waals surface area contributed by atoms with Gasteiger partial charge in [0.1, 0.15) is 13.2 Å². The van der Waals surface area contributed by atoms with Crippen LogP contribution >= 0.6 is 7.82 Å². The Bertz CT molecular complexity index is 1240. The van der Waals surface area contributed by atoms with E-state index in [1.54, 1.807) is 0 Å². The van der Waals surface area contributed by atoms with Crippen molar-refractivity contribution in [3.8, 4) is 0 Å². The third kappa shape index (κ3) is 41.4. The molecule has 57 heavy (non-hydrogen) atoms. The number of hydrogen-bond acceptors (Lipinski definition) is 6. The largest absolute Gasteiger partial charge is 0.756 e. The van der Waals surface area contributed by atoms with E-state index in [-0.39, 0.29) is 19.1 Å². The highest BCUT2D eigenvalue weighted by Crippen LogP contribution is 2.38. The van der Waals surface area contributed by atoms with E-state index in [9.17, 15) is 19.4 Å². The second-order valence-electron chi connectivity index (χ2n) is 15.7. The maximum Gasteiger partial charge on any atom is 0.268 e. The van der Waals surface area contributed by atoms with Crippen molar-refractivity contribution in [1.29, 1.82) is 0 Å². The summed E-state index contributed by atoms with van der Waals surface area (Å²) in [7, 11) is 1.25. The normalized spacial score (nSPS) is 15.3. The SMILES string of the molecule is CC/C=C\C/C=C\C/C=C\C/C=C\C/C=C\C/C=C\C/C=C\C/C=C\CCCCC(=O)NC(COP(=O)([O-])OCC[N+](C)(C)C)C(O)CCCCCCCCCC. The first-order valence-corrected chi connectivity index (χ1v) is 23.5. The molecule has 0 aromatic rings. The molecule has 0 spiro atoms. The maximum absolute atomic E-state index is 12.8. The van der Waals surface area contributed by atoms with E-state index in [4.69, 9.17) is 9.05 Å². The van der Waals surface area contributed by atoms with E-state index in [0.717, 1.165) is 83.5 Å². The van der Waals surface area contributed by atoms with Gasteiger partial charge in [-0.05, 0) is 77.0 Å². The van der Waals surface area contributed by atoms with Crippen molar-refractivity contribution in [3.63, 3.8) is 0 Å². The van der Waals surface area contributed by atoms with E-state index in [2.05, 4.69) is 116 Å². The van der Waals surface area contributed by atoms with E-state index >= 15 is 0 Å². The molecule has 3 atom stereocenters. The zero-order valence-electron chi connectivity index (χ0n) is 36.7. The summed E-state index contributed by atoms with van der Waals surface area (Å²) in [4.78, 5) is 25.2. The highest BCUT2D eigenvalue weighted by Gasteiger charge is 2.24. The number of aliphatic hydroxyl groups excluding tert-OH is 1. The molecule has 0 saturated heterocycles. The molecule has 3 unspecified atom stereocenters. The van der Waals surface area contributed by atoms with Gasteiger partial charge in [-0.3, -0.25) is 9.36 Å². The van der Waals surface area contributed by atoms with Crippen LogP contribution in [0.5, 0.6) is 0 Å². The van der Waals surface area contributed by atoms with Gasteiger partial charge in [-0.15, -0.1) is 0 Å². The van der Waals surface area contributed by atoms with Gasteiger partial charge in [0, 0.05) is 6.42 Å². The molecule has 0 bridgehead atoms. The van der Waals surface area contributed by atoms with Crippen molar-refractivity contribution < 1.29 is 32.9 Å². The first-order chi connectivity index (χ1) is 27.5. The molecule has 8 nitrogen and oxygen atoms in total. The number of hydrogen-bond donors (Lipinski definition) is 2. The van der Waals surface area contributed by atoms with Gasteiger partial charge in [0.05, 0.1) is 39.9 Å². The van der Waals surface area contributed by atoms with Gasteiger partial charge in [-0.25, -0.2) is 0 Å². The lowest BCUT2D eigenvalue weighted by Crippen LogP contribution is -2.46. The number of phosphoric acid groups is 1.